The zero-order valence-electron chi connectivity index (χ0n) is 21.3. The molecule has 188 valence electrons. The van der Waals surface area contributed by atoms with E-state index in [1.807, 2.05) is 12.1 Å². The quantitative estimate of drug-likeness (QED) is 0.224. The molecule has 5 heteroatoms. The van der Waals surface area contributed by atoms with Crippen molar-refractivity contribution >= 4 is 0 Å². The van der Waals surface area contributed by atoms with Gasteiger partial charge in [0.25, 0.3) is 0 Å². The van der Waals surface area contributed by atoms with Gasteiger partial charge in [-0.1, -0.05) is 93.4 Å². The van der Waals surface area contributed by atoms with E-state index in [1.165, 1.54) is 17.8 Å². The number of phenols is 1. The average molecular weight is 486 g/mol. The summed E-state index contributed by atoms with van der Waals surface area (Å²) in [7, 11) is 0. The first-order valence-corrected chi connectivity index (χ1v) is 13.0. The highest BCUT2D eigenvalue weighted by Crippen LogP contribution is 2.31. The molecule has 0 radical (unpaired) electrons. The van der Waals surface area contributed by atoms with Crippen molar-refractivity contribution in [2.45, 2.75) is 59.2 Å². The zero-order valence-corrected chi connectivity index (χ0v) is 21.3. The maximum absolute atomic E-state index is 14.1. The van der Waals surface area contributed by atoms with E-state index in [-0.39, 0.29) is 5.75 Å². The lowest BCUT2D eigenvalue weighted by atomic mass is 10.1. The number of benzene rings is 3. The summed E-state index contributed by atoms with van der Waals surface area (Å²) in [4.78, 5) is 7.58. The third-order valence-corrected chi connectivity index (χ3v) is 6.51. The second-order valence-corrected chi connectivity index (χ2v) is 9.32. The van der Waals surface area contributed by atoms with Gasteiger partial charge in [-0.25, -0.2) is 9.37 Å². The van der Waals surface area contributed by atoms with Crippen LogP contribution >= 0.6 is 0 Å². The highest BCUT2D eigenvalue weighted by Gasteiger charge is 2.22. The van der Waals surface area contributed by atoms with Crippen molar-refractivity contribution in [3.63, 3.8) is 0 Å². The maximum Gasteiger partial charge on any atom is 0.165 e. The molecule has 36 heavy (non-hydrogen) atoms. The van der Waals surface area contributed by atoms with Crippen molar-refractivity contribution in [2.24, 2.45) is 0 Å². The van der Waals surface area contributed by atoms with Crippen molar-refractivity contribution in [1.82, 2.24) is 14.5 Å². The van der Waals surface area contributed by atoms with E-state index in [4.69, 9.17) is 4.98 Å². The Morgan fingerprint density at radius 3 is 2.14 bits per heavy atom. The molecule has 3 aromatic carbocycles. The van der Waals surface area contributed by atoms with E-state index >= 15 is 0 Å². The van der Waals surface area contributed by atoms with Crippen LogP contribution in [0.1, 0.15) is 50.8 Å². The number of phenolic OH excluding ortho intramolecular Hbond substituents is 1. The molecule has 0 aliphatic carbocycles. The average Bonchev–Trinajstić information content (AvgIpc) is 3.27. The Labute approximate surface area is 214 Å². The Morgan fingerprint density at radius 2 is 1.50 bits per heavy atom. The fourth-order valence-electron chi connectivity index (χ4n) is 4.55. The Hall–Kier alpha value is -3.44. The van der Waals surface area contributed by atoms with Crippen molar-refractivity contribution in [1.29, 1.82) is 0 Å². The van der Waals surface area contributed by atoms with Gasteiger partial charge >= 0.3 is 0 Å². The molecule has 0 aliphatic heterocycles. The molecule has 0 saturated heterocycles. The molecule has 1 aromatic heterocycles. The highest BCUT2D eigenvalue weighted by atomic mass is 19.1. The van der Waals surface area contributed by atoms with Crippen LogP contribution in [0.4, 0.5) is 4.39 Å². The molecule has 0 bridgehead atoms. The number of hydrogen-bond donors (Lipinski definition) is 1. The number of aromatic nitrogens is 2. The fraction of sp³-hybridized carbons (Fsp3) is 0.323. The predicted molar refractivity (Wildman–Crippen MR) is 145 cm³/mol. The van der Waals surface area contributed by atoms with Crippen molar-refractivity contribution in [3.8, 4) is 28.4 Å². The largest absolute Gasteiger partial charge is 0.505 e. The van der Waals surface area contributed by atoms with Gasteiger partial charge in [0.1, 0.15) is 5.82 Å². The topological polar surface area (TPSA) is 41.3 Å². The van der Waals surface area contributed by atoms with E-state index in [2.05, 4.69) is 71.8 Å². The third kappa shape index (κ3) is 6.21. The Balaban J connectivity index is 1.79. The first kappa shape index (κ1) is 25.6. The van der Waals surface area contributed by atoms with Gasteiger partial charge in [0, 0.05) is 30.8 Å². The summed E-state index contributed by atoms with van der Waals surface area (Å²) in [6.07, 6.45) is 4.29. The summed E-state index contributed by atoms with van der Waals surface area (Å²) < 4.78 is 16.5. The number of imidazole rings is 1. The van der Waals surface area contributed by atoms with E-state index < -0.39 is 5.82 Å². The van der Waals surface area contributed by atoms with Gasteiger partial charge in [-0.05, 0) is 37.1 Å². The minimum absolute atomic E-state index is 0.310. The zero-order chi connectivity index (χ0) is 25.3. The first-order valence-electron chi connectivity index (χ1n) is 13.0. The second kappa shape index (κ2) is 12.5. The number of nitrogens with zero attached hydrogens (tertiary/aromatic N) is 3. The minimum Gasteiger partial charge on any atom is -0.505 e. The van der Waals surface area contributed by atoms with Crippen LogP contribution < -0.4 is 0 Å². The summed E-state index contributed by atoms with van der Waals surface area (Å²) in [6.45, 7) is 7.50. The fourth-order valence-corrected chi connectivity index (χ4v) is 4.55. The molecule has 1 N–H and O–H groups in total. The van der Waals surface area contributed by atoms with Gasteiger partial charge in [0.05, 0.1) is 11.4 Å². The van der Waals surface area contributed by atoms with E-state index in [9.17, 15) is 9.50 Å². The van der Waals surface area contributed by atoms with Crippen LogP contribution in [0.3, 0.4) is 0 Å². The Kier molecular flexibility index (Phi) is 8.90. The molecule has 0 spiro atoms. The number of halogens is 1. The molecule has 0 atom stereocenters. The lowest BCUT2D eigenvalue weighted by molar-refractivity contribution is 0.246. The van der Waals surface area contributed by atoms with E-state index in [0.717, 1.165) is 67.0 Å². The summed E-state index contributed by atoms with van der Waals surface area (Å²) >= 11 is 0. The highest BCUT2D eigenvalue weighted by molar-refractivity contribution is 5.68. The number of hydrogen-bond acceptors (Lipinski definition) is 3. The van der Waals surface area contributed by atoms with Crippen molar-refractivity contribution < 1.29 is 9.50 Å². The van der Waals surface area contributed by atoms with E-state index in [1.54, 1.807) is 6.07 Å². The van der Waals surface area contributed by atoms with Gasteiger partial charge < -0.3 is 9.67 Å². The molecule has 0 fully saturated rings. The van der Waals surface area contributed by atoms with Gasteiger partial charge in [0.15, 0.2) is 11.6 Å². The van der Waals surface area contributed by atoms with Crippen LogP contribution in [0.15, 0.2) is 78.9 Å². The van der Waals surface area contributed by atoms with Gasteiger partial charge in [-0.15, -0.1) is 0 Å². The second-order valence-electron chi connectivity index (χ2n) is 9.32. The molecule has 1 heterocycles. The minimum atomic E-state index is -0.577. The normalized spacial score (nSPS) is 11.3. The molecule has 0 unspecified atom stereocenters. The molecule has 4 rings (SSSR count). The molecular weight excluding hydrogens is 449 g/mol. The molecule has 0 aliphatic rings. The summed E-state index contributed by atoms with van der Waals surface area (Å²) in [5.74, 6) is 0.103. The van der Waals surface area contributed by atoms with Crippen LogP contribution in [-0.4, -0.2) is 26.1 Å². The number of unbranched alkanes of at least 4 members (excludes halogenated alkanes) is 2. The Bertz CT molecular complexity index is 1240. The predicted octanol–water partition coefficient (Wildman–Crippen LogP) is 7.66. The van der Waals surface area contributed by atoms with Crippen LogP contribution in [0.5, 0.6) is 5.75 Å². The SMILES string of the molecule is CCCCN(Cc1ccc(O)c(F)c1)Cc1c(-c2ccccc2)nc(-c2ccccc2)n1CCCC. The molecule has 0 saturated carbocycles. The number of rotatable bonds is 12. The van der Waals surface area contributed by atoms with Gasteiger partial charge in [-0.2, -0.15) is 0 Å². The lowest BCUT2D eigenvalue weighted by Crippen LogP contribution is -2.26. The van der Waals surface area contributed by atoms with Crippen molar-refractivity contribution in [2.75, 3.05) is 6.54 Å². The van der Waals surface area contributed by atoms with Gasteiger partial charge in [0.2, 0.25) is 0 Å². The standard InChI is InChI=1S/C31H36FN3O/c1-3-5-19-34(22-24-17-18-29(36)27(32)21-24)23-28-30(25-13-9-7-10-14-25)33-31(35(28)20-6-4-2)26-15-11-8-12-16-26/h7-18,21,36H,3-6,19-20,22-23H2,1-2H3. The molecule has 4 nitrogen and oxygen atoms in total. The first-order chi connectivity index (χ1) is 17.6. The number of aromatic hydroxyl groups is 1. The lowest BCUT2D eigenvalue weighted by Gasteiger charge is -2.24. The van der Waals surface area contributed by atoms with Crippen molar-refractivity contribution in [3.05, 3.63) is 95.9 Å². The smallest absolute Gasteiger partial charge is 0.165 e. The van der Waals surface area contributed by atoms with Crippen LogP contribution in [0.2, 0.25) is 0 Å². The summed E-state index contributed by atoms with van der Waals surface area (Å²) in [6, 6.07) is 25.5. The van der Waals surface area contributed by atoms with Crippen LogP contribution in [0, 0.1) is 5.82 Å². The van der Waals surface area contributed by atoms with Crippen LogP contribution in [0.25, 0.3) is 22.6 Å². The molecular formula is C31H36FN3O. The summed E-state index contributed by atoms with van der Waals surface area (Å²) in [5.41, 5.74) is 5.25. The van der Waals surface area contributed by atoms with Crippen LogP contribution in [-0.2, 0) is 19.6 Å². The molecule has 0 amide bonds. The summed E-state index contributed by atoms with van der Waals surface area (Å²) in [5, 5.41) is 9.65. The van der Waals surface area contributed by atoms with E-state index in [0.29, 0.717) is 13.1 Å². The Morgan fingerprint density at radius 1 is 0.833 bits per heavy atom. The monoisotopic (exact) mass is 485 g/mol. The van der Waals surface area contributed by atoms with Gasteiger partial charge in [-0.3, -0.25) is 4.90 Å². The third-order valence-electron chi connectivity index (χ3n) is 6.51. The maximum atomic E-state index is 14.1. The molecule has 4 aromatic rings.